The average Bonchev–Trinajstić information content (AvgIpc) is 3.29. The summed E-state index contributed by atoms with van der Waals surface area (Å²) in [6.07, 6.45) is 3.44. The number of benzene rings is 2. The molecule has 1 fully saturated rings. The number of rotatable bonds is 6. The number of nitrogens with zero attached hydrogens (tertiary/aromatic N) is 1. The van der Waals surface area contributed by atoms with Crippen LogP contribution in [0.2, 0.25) is 0 Å². The highest BCUT2D eigenvalue weighted by atomic mass is 32.2. The molecule has 1 aromatic heterocycles. The number of pyridine rings is 1. The molecule has 6 heteroatoms. The molecule has 1 amide bonds. The lowest BCUT2D eigenvalue weighted by atomic mass is 9.92. The minimum absolute atomic E-state index is 0.0401. The van der Waals surface area contributed by atoms with Crippen LogP contribution in [0.4, 0.5) is 5.69 Å². The third kappa shape index (κ3) is 4.55. The van der Waals surface area contributed by atoms with Crippen LogP contribution in [0.1, 0.15) is 27.4 Å². The van der Waals surface area contributed by atoms with Crippen molar-refractivity contribution in [3.05, 3.63) is 95.8 Å². The minimum Gasteiger partial charge on any atom is -0.325 e. The Hall–Kier alpha value is -2.96. The summed E-state index contributed by atoms with van der Waals surface area (Å²) in [4.78, 5) is 30.1. The predicted octanol–water partition coefficient (Wildman–Crippen LogP) is 3.70. The summed E-state index contributed by atoms with van der Waals surface area (Å²) in [5.74, 6) is 1.16. The van der Waals surface area contributed by atoms with E-state index in [9.17, 15) is 9.59 Å². The molecule has 2 heterocycles. The van der Waals surface area contributed by atoms with Crippen LogP contribution in [-0.4, -0.2) is 34.3 Å². The van der Waals surface area contributed by atoms with E-state index in [-0.39, 0.29) is 23.7 Å². The average molecular weight is 404 g/mol. The van der Waals surface area contributed by atoms with Crippen molar-refractivity contribution in [1.82, 2.24) is 10.3 Å². The molecule has 5 nitrogen and oxygen atoms in total. The summed E-state index contributed by atoms with van der Waals surface area (Å²) in [6, 6.07) is 20.0. The van der Waals surface area contributed by atoms with Crippen molar-refractivity contribution in [2.45, 2.75) is 12.0 Å². The number of carbonyl (C=O) groups excluding carboxylic acids is 2. The number of ketones is 1. The zero-order chi connectivity index (χ0) is 20.1. The summed E-state index contributed by atoms with van der Waals surface area (Å²) < 4.78 is 0. The van der Waals surface area contributed by atoms with E-state index < -0.39 is 0 Å². The predicted molar refractivity (Wildman–Crippen MR) is 116 cm³/mol. The van der Waals surface area contributed by atoms with Gasteiger partial charge < -0.3 is 10.6 Å². The summed E-state index contributed by atoms with van der Waals surface area (Å²) in [5, 5.41) is 6.39. The Bertz CT molecular complexity index is 989. The van der Waals surface area contributed by atoms with E-state index in [0.717, 1.165) is 17.2 Å². The number of carbonyl (C=O) groups is 2. The van der Waals surface area contributed by atoms with Crippen molar-refractivity contribution in [2.75, 3.05) is 16.9 Å². The Morgan fingerprint density at radius 3 is 2.59 bits per heavy atom. The lowest BCUT2D eigenvalue weighted by molar-refractivity contribution is -0.118. The second-order valence-electron chi connectivity index (χ2n) is 6.85. The maximum atomic E-state index is 13.2. The Morgan fingerprint density at radius 2 is 1.86 bits per heavy atom. The van der Waals surface area contributed by atoms with Gasteiger partial charge in [0.1, 0.15) is 0 Å². The number of hydrogen-bond acceptors (Lipinski definition) is 5. The van der Waals surface area contributed by atoms with Crippen LogP contribution < -0.4 is 10.6 Å². The highest BCUT2D eigenvalue weighted by Crippen LogP contribution is 2.27. The van der Waals surface area contributed by atoms with Crippen molar-refractivity contribution < 1.29 is 9.59 Å². The third-order valence-electron chi connectivity index (χ3n) is 4.90. The van der Waals surface area contributed by atoms with Gasteiger partial charge in [-0.2, -0.15) is 0 Å². The maximum Gasteiger partial charge on any atom is 0.233 e. The van der Waals surface area contributed by atoms with Gasteiger partial charge in [0.05, 0.1) is 5.92 Å². The van der Waals surface area contributed by atoms with Crippen molar-refractivity contribution in [3.8, 4) is 0 Å². The van der Waals surface area contributed by atoms with Gasteiger partial charge in [0.15, 0.2) is 5.78 Å². The lowest BCUT2D eigenvalue weighted by Crippen LogP contribution is -2.38. The monoisotopic (exact) mass is 403 g/mol. The molecule has 0 saturated carbocycles. The normalized spacial score (nSPS) is 16.9. The zero-order valence-corrected chi connectivity index (χ0v) is 16.6. The SMILES string of the molecule is O=C(c1ccccc1)c1cccc(NC(=O)C(c2cccnc2)C2CSCN2)c1. The van der Waals surface area contributed by atoms with Gasteiger partial charge in [-0.25, -0.2) is 0 Å². The van der Waals surface area contributed by atoms with Gasteiger partial charge in [-0.05, 0) is 23.8 Å². The quantitative estimate of drug-likeness (QED) is 0.614. The van der Waals surface area contributed by atoms with Crippen LogP contribution >= 0.6 is 11.8 Å². The number of thioether (sulfide) groups is 1. The minimum atomic E-state index is -0.354. The molecule has 4 rings (SSSR count). The van der Waals surface area contributed by atoms with Gasteiger partial charge >= 0.3 is 0 Å². The molecule has 1 saturated heterocycles. The summed E-state index contributed by atoms with van der Waals surface area (Å²) in [6.45, 7) is 0. The molecule has 146 valence electrons. The Balaban J connectivity index is 1.56. The molecule has 1 aliphatic heterocycles. The molecule has 2 unspecified atom stereocenters. The number of nitrogens with one attached hydrogen (secondary N) is 2. The molecule has 2 atom stereocenters. The molecule has 29 heavy (non-hydrogen) atoms. The largest absolute Gasteiger partial charge is 0.325 e. The molecule has 2 N–H and O–H groups in total. The first-order valence-electron chi connectivity index (χ1n) is 9.44. The Labute approximate surface area is 173 Å². The molecule has 2 aromatic carbocycles. The van der Waals surface area contributed by atoms with Crippen LogP contribution in [0.15, 0.2) is 79.1 Å². The zero-order valence-electron chi connectivity index (χ0n) is 15.7. The van der Waals surface area contributed by atoms with E-state index in [4.69, 9.17) is 0 Å². The summed E-state index contributed by atoms with van der Waals surface area (Å²) in [7, 11) is 0. The number of hydrogen-bond donors (Lipinski definition) is 2. The summed E-state index contributed by atoms with van der Waals surface area (Å²) in [5.41, 5.74) is 2.65. The van der Waals surface area contributed by atoms with Crippen LogP contribution in [0.3, 0.4) is 0 Å². The number of anilines is 1. The second-order valence-corrected chi connectivity index (χ2v) is 7.89. The fourth-order valence-corrected chi connectivity index (χ4v) is 4.48. The number of aromatic nitrogens is 1. The van der Waals surface area contributed by atoms with Crippen molar-refractivity contribution in [1.29, 1.82) is 0 Å². The first-order chi connectivity index (χ1) is 14.2. The van der Waals surface area contributed by atoms with E-state index in [1.54, 1.807) is 60.6 Å². The van der Waals surface area contributed by atoms with E-state index in [2.05, 4.69) is 15.6 Å². The van der Waals surface area contributed by atoms with Crippen LogP contribution in [0.5, 0.6) is 0 Å². The number of amides is 1. The van der Waals surface area contributed by atoms with Crippen LogP contribution in [0, 0.1) is 0 Å². The van der Waals surface area contributed by atoms with Crippen molar-refractivity contribution in [3.63, 3.8) is 0 Å². The first-order valence-corrected chi connectivity index (χ1v) is 10.6. The molecular formula is C23H21N3O2S. The van der Waals surface area contributed by atoms with E-state index in [0.29, 0.717) is 16.8 Å². The molecule has 3 aromatic rings. The van der Waals surface area contributed by atoms with Gasteiger partial charge in [-0.15, -0.1) is 11.8 Å². The van der Waals surface area contributed by atoms with Crippen molar-refractivity contribution in [2.24, 2.45) is 0 Å². The smallest absolute Gasteiger partial charge is 0.233 e. The van der Waals surface area contributed by atoms with E-state index in [1.807, 2.05) is 30.3 Å². The molecule has 1 aliphatic rings. The Kier molecular flexibility index (Phi) is 6.03. The second kappa shape index (κ2) is 9.03. The molecular weight excluding hydrogens is 382 g/mol. The third-order valence-corrected chi connectivity index (χ3v) is 5.87. The van der Waals surface area contributed by atoms with Gasteiger partial charge in [0, 0.05) is 46.9 Å². The molecule has 0 aliphatic carbocycles. The molecule has 0 bridgehead atoms. The van der Waals surface area contributed by atoms with Crippen LogP contribution in [-0.2, 0) is 4.79 Å². The molecule has 0 radical (unpaired) electrons. The lowest BCUT2D eigenvalue weighted by Gasteiger charge is -2.23. The standard InChI is InChI=1S/C23H21N3O2S/c27-22(16-6-2-1-3-7-16)17-8-4-10-19(12-17)26-23(28)21(20-14-29-15-25-20)18-9-5-11-24-13-18/h1-13,20-21,25H,14-15H2,(H,26,28). The first kappa shape index (κ1) is 19.4. The van der Waals surface area contributed by atoms with Gasteiger partial charge in [-0.3, -0.25) is 14.6 Å². The van der Waals surface area contributed by atoms with Gasteiger partial charge in [-0.1, -0.05) is 48.5 Å². The highest BCUT2D eigenvalue weighted by Gasteiger charge is 2.32. The topological polar surface area (TPSA) is 71.1 Å². The van der Waals surface area contributed by atoms with Crippen molar-refractivity contribution >= 4 is 29.1 Å². The Morgan fingerprint density at radius 1 is 1.03 bits per heavy atom. The molecule has 0 spiro atoms. The maximum absolute atomic E-state index is 13.2. The fourth-order valence-electron chi connectivity index (χ4n) is 3.47. The van der Waals surface area contributed by atoms with Crippen LogP contribution in [0.25, 0.3) is 0 Å². The van der Waals surface area contributed by atoms with E-state index in [1.165, 1.54) is 0 Å². The highest BCUT2D eigenvalue weighted by molar-refractivity contribution is 7.99. The van der Waals surface area contributed by atoms with Gasteiger partial charge in [0.2, 0.25) is 5.91 Å². The fraction of sp³-hybridized carbons (Fsp3) is 0.174. The van der Waals surface area contributed by atoms with Gasteiger partial charge in [0.25, 0.3) is 0 Å². The van der Waals surface area contributed by atoms with E-state index >= 15 is 0 Å². The summed E-state index contributed by atoms with van der Waals surface area (Å²) >= 11 is 1.78.